The number of halogens is 3. The van der Waals surface area contributed by atoms with Crippen LogP contribution in [-0.4, -0.2) is 32.7 Å². The van der Waals surface area contributed by atoms with E-state index in [1.54, 1.807) is 42.9 Å². The molecule has 120 valence electrons. The molecule has 1 aliphatic rings. The van der Waals surface area contributed by atoms with Gasteiger partial charge in [-0.05, 0) is 11.1 Å². The molecule has 2 aromatic rings. The largest absolute Gasteiger partial charge is 0.458 e. The number of alkyl halides is 3. The van der Waals surface area contributed by atoms with E-state index in [0.717, 1.165) is 11.3 Å². The van der Waals surface area contributed by atoms with Crippen molar-refractivity contribution < 1.29 is 23.1 Å². The van der Waals surface area contributed by atoms with E-state index in [4.69, 9.17) is 0 Å². The summed E-state index contributed by atoms with van der Waals surface area (Å²) in [5.74, 6) is -3.25. The fraction of sp³-hybridized carbons (Fsp3) is 0.267. The number of nitrogens with zero attached hydrogens (tertiary/aromatic N) is 3. The van der Waals surface area contributed by atoms with E-state index in [1.165, 1.54) is 0 Å². The highest BCUT2D eigenvalue weighted by atomic mass is 19.4. The molecule has 1 aromatic carbocycles. The van der Waals surface area contributed by atoms with Gasteiger partial charge in [-0.2, -0.15) is 13.2 Å². The summed E-state index contributed by atoms with van der Waals surface area (Å²) >= 11 is 0. The van der Waals surface area contributed by atoms with Crippen LogP contribution in [0.4, 0.5) is 13.2 Å². The summed E-state index contributed by atoms with van der Waals surface area (Å²) in [7, 11) is 0. The second-order valence-electron chi connectivity index (χ2n) is 5.16. The van der Waals surface area contributed by atoms with Crippen molar-refractivity contribution in [2.45, 2.75) is 24.8 Å². The van der Waals surface area contributed by atoms with Crippen molar-refractivity contribution in [3.63, 3.8) is 0 Å². The summed E-state index contributed by atoms with van der Waals surface area (Å²) in [5, 5.41) is 12.8. The minimum absolute atomic E-state index is 0.0517. The quantitative estimate of drug-likeness (QED) is 0.942. The lowest BCUT2D eigenvalue weighted by molar-refractivity contribution is -0.355. The standard InChI is InChI=1S/C15H12F3N3O2/c16-15(17,18)14(22)8-13(21-23-14)11-3-1-10(2-4-11)7-12-9-19-5-6-20-12/h1-6,9,22H,7-8H2. The normalized spacial score (nSPS) is 21.0. The molecular formula is C15H12F3N3O2. The monoisotopic (exact) mass is 323 g/mol. The number of aromatic nitrogens is 2. The third kappa shape index (κ3) is 3.16. The van der Waals surface area contributed by atoms with Crippen LogP contribution in [0.1, 0.15) is 23.2 Å². The van der Waals surface area contributed by atoms with E-state index in [1.807, 2.05) is 0 Å². The Labute approximate surface area is 129 Å². The molecule has 0 radical (unpaired) electrons. The van der Waals surface area contributed by atoms with Gasteiger partial charge in [0, 0.05) is 25.0 Å². The van der Waals surface area contributed by atoms with Gasteiger partial charge in [-0.3, -0.25) is 9.97 Å². The average molecular weight is 323 g/mol. The highest BCUT2D eigenvalue weighted by Gasteiger charge is 2.60. The van der Waals surface area contributed by atoms with Gasteiger partial charge in [-0.25, -0.2) is 0 Å². The molecule has 2 heterocycles. The summed E-state index contributed by atoms with van der Waals surface area (Å²) in [6.45, 7) is 0. The molecule has 3 rings (SSSR count). The number of aliphatic hydroxyl groups is 1. The lowest BCUT2D eigenvalue weighted by atomic mass is 10.0. The van der Waals surface area contributed by atoms with Gasteiger partial charge in [0.1, 0.15) is 0 Å². The Balaban J connectivity index is 1.71. The lowest BCUT2D eigenvalue weighted by Crippen LogP contribution is -2.45. The Hall–Kier alpha value is -2.48. The number of hydrogen-bond donors (Lipinski definition) is 1. The molecule has 1 unspecified atom stereocenters. The van der Waals surface area contributed by atoms with Gasteiger partial charge in [0.2, 0.25) is 0 Å². The molecule has 8 heteroatoms. The van der Waals surface area contributed by atoms with Gasteiger partial charge in [0.25, 0.3) is 0 Å². The summed E-state index contributed by atoms with van der Waals surface area (Å²) in [5.41, 5.74) is 2.23. The topological polar surface area (TPSA) is 67.6 Å². The van der Waals surface area contributed by atoms with Gasteiger partial charge < -0.3 is 9.94 Å². The van der Waals surface area contributed by atoms with E-state index >= 15 is 0 Å². The fourth-order valence-electron chi connectivity index (χ4n) is 2.17. The van der Waals surface area contributed by atoms with Gasteiger partial charge in [0.05, 0.1) is 17.8 Å². The summed E-state index contributed by atoms with van der Waals surface area (Å²) < 4.78 is 38.0. The Kier molecular flexibility index (Phi) is 3.77. The number of benzene rings is 1. The van der Waals surface area contributed by atoms with E-state index in [-0.39, 0.29) is 5.71 Å². The Morgan fingerprint density at radius 2 is 1.91 bits per heavy atom. The fourth-order valence-corrected chi connectivity index (χ4v) is 2.17. The molecule has 1 atom stereocenters. The molecule has 0 aliphatic carbocycles. The van der Waals surface area contributed by atoms with Crippen LogP contribution in [0.3, 0.4) is 0 Å². The van der Waals surface area contributed by atoms with Gasteiger partial charge in [-0.15, -0.1) is 0 Å². The van der Waals surface area contributed by atoms with Crippen molar-refractivity contribution in [2.24, 2.45) is 5.16 Å². The maximum absolute atomic E-state index is 12.7. The van der Waals surface area contributed by atoms with Crippen LogP contribution < -0.4 is 0 Å². The smallest absolute Gasteiger partial charge is 0.350 e. The third-order valence-electron chi connectivity index (χ3n) is 3.45. The number of rotatable bonds is 3. The average Bonchev–Trinajstić information content (AvgIpc) is 2.93. The van der Waals surface area contributed by atoms with Crippen LogP contribution in [0.2, 0.25) is 0 Å². The van der Waals surface area contributed by atoms with E-state index in [0.29, 0.717) is 12.0 Å². The molecule has 5 nitrogen and oxygen atoms in total. The van der Waals surface area contributed by atoms with Crippen LogP contribution >= 0.6 is 0 Å². The van der Waals surface area contributed by atoms with Crippen molar-refractivity contribution in [3.8, 4) is 0 Å². The van der Waals surface area contributed by atoms with Crippen molar-refractivity contribution in [1.29, 1.82) is 0 Å². The summed E-state index contributed by atoms with van der Waals surface area (Å²) in [4.78, 5) is 12.3. The van der Waals surface area contributed by atoms with E-state index in [9.17, 15) is 18.3 Å². The van der Waals surface area contributed by atoms with Crippen molar-refractivity contribution in [3.05, 3.63) is 59.7 Å². The molecule has 0 amide bonds. The molecule has 0 fully saturated rings. The van der Waals surface area contributed by atoms with Gasteiger partial charge in [0.15, 0.2) is 0 Å². The summed E-state index contributed by atoms with van der Waals surface area (Å²) in [6, 6.07) is 6.79. The molecule has 1 aliphatic heterocycles. The molecule has 0 bridgehead atoms. The van der Waals surface area contributed by atoms with Crippen LogP contribution in [-0.2, 0) is 11.3 Å². The van der Waals surface area contributed by atoms with Crippen molar-refractivity contribution in [2.75, 3.05) is 0 Å². The summed E-state index contributed by atoms with van der Waals surface area (Å²) in [6.07, 6.45) is -0.265. The predicted molar refractivity (Wildman–Crippen MR) is 74.5 cm³/mol. The minimum Gasteiger partial charge on any atom is -0.350 e. The first-order chi connectivity index (χ1) is 10.9. The van der Waals surface area contributed by atoms with Gasteiger partial charge >= 0.3 is 12.0 Å². The first-order valence-corrected chi connectivity index (χ1v) is 6.76. The maximum atomic E-state index is 12.7. The first kappa shape index (κ1) is 15.4. The van der Waals surface area contributed by atoms with Crippen LogP contribution in [0.15, 0.2) is 48.0 Å². The number of oxime groups is 1. The Bertz CT molecular complexity index is 717. The third-order valence-corrected chi connectivity index (χ3v) is 3.45. The molecule has 0 spiro atoms. The lowest BCUT2D eigenvalue weighted by Gasteiger charge is -2.22. The Morgan fingerprint density at radius 3 is 2.48 bits per heavy atom. The SMILES string of the molecule is OC1(C(F)(F)F)CC(c2ccc(Cc3cnccn3)cc2)=NO1. The van der Waals surface area contributed by atoms with Gasteiger partial charge in [-0.1, -0.05) is 29.4 Å². The molecule has 1 N–H and O–H groups in total. The van der Waals surface area contributed by atoms with Crippen molar-refractivity contribution >= 4 is 5.71 Å². The highest BCUT2D eigenvalue weighted by molar-refractivity contribution is 6.01. The second kappa shape index (κ2) is 5.62. The molecule has 0 saturated carbocycles. The van der Waals surface area contributed by atoms with Crippen molar-refractivity contribution in [1.82, 2.24) is 9.97 Å². The van der Waals surface area contributed by atoms with Crippen LogP contribution in [0.25, 0.3) is 0 Å². The molecular weight excluding hydrogens is 311 g/mol. The van der Waals surface area contributed by atoms with Crippen LogP contribution in [0, 0.1) is 0 Å². The highest BCUT2D eigenvalue weighted by Crippen LogP contribution is 2.38. The molecule has 1 aromatic heterocycles. The Morgan fingerprint density at radius 1 is 1.17 bits per heavy atom. The van der Waals surface area contributed by atoms with Crippen LogP contribution in [0.5, 0.6) is 0 Å². The zero-order valence-corrected chi connectivity index (χ0v) is 11.8. The second-order valence-corrected chi connectivity index (χ2v) is 5.16. The zero-order chi connectivity index (χ0) is 16.5. The van der Waals surface area contributed by atoms with E-state index < -0.39 is 18.4 Å². The van der Waals surface area contributed by atoms with E-state index in [2.05, 4.69) is 20.0 Å². The first-order valence-electron chi connectivity index (χ1n) is 6.76. The zero-order valence-electron chi connectivity index (χ0n) is 11.8. The number of hydrogen-bond acceptors (Lipinski definition) is 5. The minimum atomic E-state index is -4.90. The maximum Gasteiger partial charge on any atom is 0.458 e. The molecule has 23 heavy (non-hydrogen) atoms. The molecule has 0 saturated heterocycles. The predicted octanol–water partition coefficient (Wildman–Crippen LogP) is 2.44.